The molecule has 27 heavy (non-hydrogen) atoms. The number of carbonyl (C=O) groups excluding carboxylic acids is 3. The summed E-state index contributed by atoms with van der Waals surface area (Å²) in [6.07, 6.45) is 0.736. The van der Waals surface area contributed by atoms with Crippen LogP contribution >= 0.6 is 0 Å². The van der Waals surface area contributed by atoms with E-state index >= 15 is 0 Å². The van der Waals surface area contributed by atoms with Crippen LogP contribution in [0.4, 0.5) is 9.18 Å². The second-order valence-corrected chi connectivity index (χ2v) is 5.98. The zero-order valence-electron chi connectivity index (χ0n) is 15.5. The van der Waals surface area contributed by atoms with Crippen molar-refractivity contribution in [3.05, 3.63) is 53.1 Å². The van der Waals surface area contributed by atoms with Gasteiger partial charge in [-0.05, 0) is 50.6 Å². The molecule has 0 bridgehead atoms. The quantitative estimate of drug-likeness (QED) is 0.760. The summed E-state index contributed by atoms with van der Waals surface area (Å²) >= 11 is 0. The van der Waals surface area contributed by atoms with E-state index in [4.69, 9.17) is 4.74 Å². The standard InChI is InChI=1S/C19H22FN3O4/c1-4-9-21-19(26)22-17(24)11-27-18(25)16-10-12(2)23(13(16)3)15-7-5-14(20)6-8-15/h5-8,10H,4,9,11H2,1-3H3,(H2,21,22,24,26). The highest BCUT2D eigenvalue weighted by atomic mass is 19.1. The molecule has 0 aliphatic rings. The number of esters is 1. The molecule has 1 aromatic heterocycles. The molecule has 0 saturated carbocycles. The summed E-state index contributed by atoms with van der Waals surface area (Å²) in [6.45, 7) is 5.28. The number of nitrogens with one attached hydrogen (secondary N) is 2. The van der Waals surface area contributed by atoms with Gasteiger partial charge in [-0.15, -0.1) is 0 Å². The fourth-order valence-electron chi connectivity index (χ4n) is 2.61. The van der Waals surface area contributed by atoms with Crippen LogP contribution in [-0.4, -0.2) is 35.6 Å². The van der Waals surface area contributed by atoms with E-state index in [0.717, 1.165) is 12.1 Å². The van der Waals surface area contributed by atoms with Crippen LogP contribution in [0.15, 0.2) is 30.3 Å². The lowest BCUT2D eigenvalue weighted by molar-refractivity contribution is -0.123. The molecule has 2 N–H and O–H groups in total. The molecule has 0 spiro atoms. The summed E-state index contributed by atoms with van der Waals surface area (Å²) in [5.74, 6) is -1.75. The number of hydrogen-bond donors (Lipinski definition) is 2. The third-order valence-electron chi connectivity index (χ3n) is 3.86. The molecule has 0 atom stereocenters. The van der Waals surface area contributed by atoms with E-state index in [9.17, 15) is 18.8 Å². The highest BCUT2D eigenvalue weighted by molar-refractivity contribution is 5.97. The van der Waals surface area contributed by atoms with Gasteiger partial charge in [-0.2, -0.15) is 0 Å². The lowest BCUT2D eigenvalue weighted by atomic mass is 10.2. The van der Waals surface area contributed by atoms with Crippen molar-refractivity contribution in [3.8, 4) is 5.69 Å². The average molecular weight is 375 g/mol. The van der Waals surface area contributed by atoms with Crippen molar-refractivity contribution in [2.45, 2.75) is 27.2 Å². The summed E-state index contributed by atoms with van der Waals surface area (Å²) < 4.78 is 19.9. The smallest absolute Gasteiger partial charge is 0.340 e. The SMILES string of the molecule is CCCNC(=O)NC(=O)COC(=O)c1cc(C)n(-c2ccc(F)cc2)c1C. The molecule has 3 amide bonds. The number of urea groups is 1. The van der Waals surface area contributed by atoms with E-state index in [2.05, 4.69) is 10.6 Å². The third-order valence-corrected chi connectivity index (χ3v) is 3.86. The highest BCUT2D eigenvalue weighted by Gasteiger charge is 2.19. The van der Waals surface area contributed by atoms with E-state index in [1.807, 2.05) is 6.92 Å². The van der Waals surface area contributed by atoms with E-state index in [-0.39, 0.29) is 5.82 Å². The summed E-state index contributed by atoms with van der Waals surface area (Å²) in [5, 5.41) is 4.56. The van der Waals surface area contributed by atoms with Crippen LogP contribution in [0.5, 0.6) is 0 Å². The Morgan fingerprint density at radius 3 is 2.44 bits per heavy atom. The van der Waals surface area contributed by atoms with Crippen LogP contribution in [0.1, 0.15) is 35.1 Å². The van der Waals surface area contributed by atoms with Crippen molar-refractivity contribution in [1.29, 1.82) is 0 Å². The fourth-order valence-corrected chi connectivity index (χ4v) is 2.61. The van der Waals surface area contributed by atoms with Crippen LogP contribution in [0.3, 0.4) is 0 Å². The van der Waals surface area contributed by atoms with Gasteiger partial charge >= 0.3 is 12.0 Å². The maximum absolute atomic E-state index is 13.1. The number of carbonyl (C=O) groups is 3. The minimum atomic E-state index is -0.718. The Kier molecular flexibility index (Phi) is 6.70. The van der Waals surface area contributed by atoms with Gasteiger partial charge in [0.05, 0.1) is 5.56 Å². The molecule has 8 heteroatoms. The molecule has 1 aromatic carbocycles. The van der Waals surface area contributed by atoms with Crippen molar-refractivity contribution >= 4 is 17.9 Å². The van der Waals surface area contributed by atoms with Gasteiger partial charge in [-0.3, -0.25) is 10.1 Å². The number of benzene rings is 1. The van der Waals surface area contributed by atoms with Gasteiger partial charge in [0.15, 0.2) is 6.61 Å². The number of aryl methyl sites for hydroxylation is 1. The second kappa shape index (κ2) is 8.98. The number of amides is 3. The molecule has 0 unspecified atom stereocenters. The number of aromatic nitrogens is 1. The summed E-state index contributed by atoms with van der Waals surface area (Å²) in [6, 6.07) is 6.87. The van der Waals surface area contributed by atoms with Crippen molar-refractivity contribution in [2.24, 2.45) is 0 Å². The van der Waals surface area contributed by atoms with Crippen molar-refractivity contribution in [3.63, 3.8) is 0 Å². The molecule has 7 nitrogen and oxygen atoms in total. The van der Waals surface area contributed by atoms with Crippen molar-refractivity contribution in [2.75, 3.05) is 13.2 Å². The lowest BCUT2D eigenvalue weighted by Gasteiger charge is -2.10. The molecular formula is C19H22FN3O4. The number of nitrogens with zero attached hydrogens (tertiary/aromatic N) is 1. The maximum Gasteiger partial charge on any atom is 0.340 e. The normalized spacial score (nSPS) is 10.4. The topological polar surface area (TPSA) is 89.4 Å². The monoisotopic (exact) mass is 375 g/mol. The Hall–Kier alpha value is -3.16. The molecule has 0 saturated heterocycles. The van der Waals surface area contributed by atoms with Gasteiger partial charge in [-0.1, -0.05) is 6.92 Å². The van der Waals surface area contributed by atoms with Gasteiger partial charge in [0, 0.05) is 23.6 Å². The number of rotatable bonds is 6. The zero-order chi connectivity index (χ0) is 20.0. The Bertz CT molecular complexity index is 843. The first-order chi connectivity index (χ1) is 12.8. The number of ether oxygens (including phenoxy) is 1. The Morgan fingerprint density at radius 1 is 1.15 bits per heavy atom. The first-order valence-electron chi connectivity index (χ1n) is 8.53. The first kappa shape index (κ1) is 20.2. The predicted octanol–water partition coefficient (Wildman–Crippen LogP) is 2.63. The van der Waals surface area contributed by atoms with Gasteiger partial charge in [-0.25, -0.2) is 14.0 Å². The molecule has 0 aliphatic carbocycles. The van der Waals surface area contributed by atoms with Crippen LogP contribution in [-0.2, 0) is 9.53 Å². The number of halogens is 1. The lowest BCUT2D eigenvalue weighted by Crippen LogP contribution is -2.41. The molecule has 0 fully saturated rings. The minimum absolute atomic E-state index is 0.292. The summed E-state index contributed by atoms with van der Waals surface area (Å²) in [7, 11) is 0. The summed E-state index contributed by atoms with van der Waals surface area (Å²) in [4.78, 5) is 35.4. The third kappa shape index (κ3) is 5.16. The molecular weight excluding hydrogens is 353 g/mol. The van der Waals surface area contributed by atoms with Crippen LogP contribution in [0.2, 0.25) is 0 Å². The summed E-state index contributed by atoms with van der Waals surface area (Å²) in [5.41, 5.74) is 2.36. The van der Waals surface area contributed by atoms with E-state index in [1.165, 1.54) is 12.1 Å². The Balaban J connectivity index is 2.03. The second-order valence-electron chi connectivity index (χ2n) is 5.98. The highest BCUT2D eigenvalue weighted by Crippen LogP contribution is 2.21. The molecule has 1 heterocycles. The number of hydrogen-bond acceptors (Lipinski definition) is 4. The maximum atomic E-state index is 13.1. The molecule has 0 radical (unpaired) electrons. The average Bonchev–Trinajstić information content (AvgIpc) is 2.93. The van der Waals surface area contributed by atoms with Gasteiger partial charge < -0.3 is 14.6 Å². The van der Waals surface area contributed by atoms with Crippen LogP contribution in [0.25, 0.3) is 5.69 Å². The molecule has 0 aliphatic heterocycles. The zero-order valence-corrected chi connectivity index (χ0v) is 15.5. The van der Waals surface area contributed by atoms with Crippen LogP contribution < -0.4 is 10.6 Å². The van der Waals surface area contributed by atoms with Gasteiger partial charge in [0.2, 0.25) is 0 Å². The van der Waals surface area contributed by atoms with Crippen molar-refractivity contribution < 1.29 is 23.5 Å². The van der Waals surface area contributed by atoms with E-state index in [0.29, 0.717) is 23.5 Å². The Morgan fingerprint density at radius 2 is 1.81 bits per heavy atom. The molecule has 144 valence electrons. The number of imide groups is 1. The first-order valence-corrected chi connectivity index (χ1v) is 8.53. The van der Waals surface area contributed by atoms with E-state index < -0.39 is 24.5 Å². The fraction of sp³-hybridized carbons (Fsp3) is 0.316. The Labute approximate surface area is 156 Å². The van der Waals surface area contributed by atoms with E-state index in [1.54, 1.807) is 36.6 Å². The molecule has 2 rings (SSSR count). The minimum Gasteiger partial charge on any atom is -0.452 e. The van der Waals surface area contributed by atoms with Crippen molar-refractivity contribution in [1.82, 2.24) is 15.2 Å². The van der Waals surface area contributed by atoms with Gasteiger partial charge in [0.25, 0.3) is 5.91 Å². The molecule has 2 aromatic rings. The largest absolute Gasteiger partial charge is 0.452 e. The predicted molar refractivity (Wildman–Crippen MR) is 97.3 cm³/mol. The van der Waals surface area contributed by atoms with Crippen LogP contribution in [0, 0.1) is 19.7 Å². The van der Waals surface area contributed by atoms with Gasteiger partial charge in [0.1, 0.15) is 5.82 Å².